The third kappa shape index (κ3) is 5.42. The summed E-state index contributed by atoms with van der Waals surface area (Å²) in [5.41, 5.74) is 1.87. The Balaban J connectivity index is 1.29. The van der Waals surface area contributed by atoms with Crippen LogP contribution in [0.5, 0.6) is 11.6 Å². The molecule has 33 heavy (non-hydrogen) atoms. The highest BCUT2D eigenvalue weighted by Crippen LogP contribution is 2.23. The lowest BCUT2D eigenvalue weighted by atomic mass is 10.2. The van der Waals surface area contributed by atoms with Gasteiger partial charge in [0.1, 0.15) is 12.4 Å². The lowest BCUT2D eigenvalue weighted by Crippen LogP contribution is -2.38. The minimum absolute atomic E-state index is 0.122. The molecule has 0 bridgehead atoms. The standard InChI is InChI=1S/C23H22N6O4/c1-32-18-9-5-8-17(14-18)22-27-26-19-10-11-21(28-29(19)22)33-13-12-24-20(30)15-25-23(31)16-6-3-2-4-7-16/h2-11,14H,12-13,15H2,1H3,(H,24,30)(H,25,31). The van der Waals surface area contributed by atoms with Gasteiger partial charge < -0.3 is 20.1 Å². The van der Waals surface area contributed by atoms with Gasteiger partial charge >= 0.3 is 0 Å². The van der Waals surface area contributed by atoms with Crippen molar-refractivity contribution in [2.75, 3.05) is 26.8 Å². The first-order valence-electron chi connectivity index (χ1n) is 10.2. The molecule has 2 amide bonds. The molecule has 4 aromatic rings. The number of hydrogen-bond donors (Lipinski definition) is 2. The maximum Gasteiger partial charge on any atom is 0.251 e. The first-order valence-corrected chi connectivity index (χ1v) is 10.2. The number of carbonyl (C=O) groups excluding carboxylic acids is 2. The summed E-state index contributed by atoms with van der Waals surface area (Å²) in [5, 5.41) is 18.0. The van der Waals surface area contributed by atoms with E-state index in [4.69, 9.17) is 9.47 Å². The van der Waals surface area contributed by atoms with Crippen molar-refractivity contribution < 1.29 is 19.1 Å². The maximum absolute atomic E-state index is 12.0. The Hall–Kier alpha value is -4.47. The largest absolute Gasteiger partial charge is 0.497 e. The highest BCUT2D eigenvalue weighted by Gasteiger charge is 2.12. The molecule has 0 aliphatic rings. The van der Waals surface area contributed by atoms with Gasteiger partial charge in [0, 0.05) is 17.2 Å². The number of amides is 2. The van der Waals surface area contributed by atoms with E-state index in [0.29, 0.717) is 28.7 Å². The molecule has 168 valence electrons. The van der Waals surface area contributed by atoms with Gasteiger partial charge in [0.25, 0.3) is 5.91 Å². The number of nitrogens with zero attached hydrogens (tertiary/aromatic N) is 4. The van der Waals surface area contributed by atoms with Crippen LogP contribution in [0, 0.1) is 0 Å². The summed E-state index contributed by atoms with van der Waals surface area (Å²) < 4.78 is 12.5. The van der Waals surface area contributed by atoms with E-state index in [0.717, 1.165) is 5.56 Å². The highest BCUT2D eigenvalue weighted by atomic mass is 16.5. The van der Waals surface area contributed by atoms with Gasteiger partial charge in [-0.2, -0.15) is 4.52 Å². The molecule has 0 aliphatic heterocycles. The molecule has 4 rings (SSSR count). The van der Waals surface area contributed by atoms with Crippen LogP contribution in [0.25, 0.3) is 17.0 Å². The van der Waals surface area contributed by atoms with Crippen molar-refractivity contribution in [3.63, 3.8) is 0 Å². The quantitative estimate of drug-likeness (QED) is 0.376. The number of carbonyl (C=O) groups is 2. The maximum atomic E-state index is 12.0. The minimum Gasteiger partial charge on any atom is -0.497 e. The van der Waals surface area contributed by atoms with Gasteiger partial charge in [-0.25, -0.2) is 0 Å². The van der Waals surface area contributed by atoms with Crippen molar-refractivity contribution >= 4 is 17.5 Å². The Morgan fingerprint density at radius 3 is 2.64 bits per heavy atom. The molecule has 0 atom stereocenters. The van der Waals surface area contributed by atoms with Crippen LogP contribution in [0.2, 0.25) is 0 Å². The first kappa shape index (κ1) is 21.8. The van der Waals surface area contributed by atoms with Crippen LogP contribution in [0.4, 0.5) is 0 Å². The zero-order valence-corrected chi connectivity index (χ0v) is 17.9. The topological polar surface area (TPSA) is 120 Å². The Labute approximate surface area is 189 Å². The van der Waals surface area contributed by atoms with Crippen LogP contribution in [0.1, 0.15) is 10.4 Å². The van der Waals surface area contributed by atoms with Crippen LogP contribution in [0.3, 0.4) is 0 Å². The molecule has 0 fully saturated rings. The van der Waals surface area contributed by atoms with Crippen molar-refractivity contribution in [3.05, 3.63) is 72.3 Å². The van der Waals surface area contributed by atoms with Gasteiger partial charge in [-0.05, 0) is 30.3 Å². The van der Waals surface area contributed by atoms with Gasteiger partial charge in [-0.15, -0.1) is 15.3 Å². The molecule has 2 N–H and O–H groups in total. The molecule has 0 saturated carbocycles. The minimum atomic E-state index is -0.314. The van der Waals surface area contributed by atoms with Crippen LogP contribution in [-0.4, -0.2) is 58.4 Å². The van der Waals surface area contributed by atoms with E-state index in [2.05, 4.69) is 25.9 Å². The van der Waals surface area contributed by atoms with E-state index in [1.807, 2.05) is 30.3 Å². The second-order valence-corrected chi connectivity index (χ2v) is 6.94. The summed E-state index contributed by atoms with van der Waals surface area (Å²) in [4.78, 5) is 23.9. The predicted octanol–water partition coefficient (Wildman–Crippen LogP) is 1.72. The molecule has 0 spiro atoms. The number of rotatable bonds is 9. The van der Waals surface area contributed by atoms with Gasteiger partial charge in [0.2, 0.25) is 11.8 Å². The van der Waals surface area contributed by atoms with Crippen LogP contribution < -0.4 is 20.1 Å². The third-order valence-electron chi connectivity index (χ3n) is 4.69. The van der Waals surface area contributed by atoms with Gasteiger partial charge in [0.15, 0.2) is 11.5 Å². The summed E-state index contributed by atoms with van der Waals surface area (Å²) in [6, 6.07) is 19.6. The summed E-state index contributed by atoms with van der Waals surface area (Å²) in [6.07, 6.45) is 0. The molecule has 2 heterocycles. The van der Waals surface area contributed by atoms with Gasteiger partial charge in [0.05, 0.1) is 20.2 Å². The Morgan fingerprint density at radius 2 is 1.82 bits per heavy atom. The summed E-state index contributed by atoms with van der Waals surface area (Å²) >= 11 is 0. The molecule has 10 nitrogen and oxygen atoms in total. The van der Waals surface area contributed by atoms with Crippen LogP contribution in [-0.2, 0) is 4.79 Å². The zero-order chi connectivity index (χ0) is 23.0. The Morgan fingerprint density at radius 1 is 0.970 bits per heavy atom. The molecule has 0 saturated heterocycles. The zero-order valence-electron chi connectivity index (χ0n) is 17.9. The number of aromatic nitrogens is 4. The second kappa shape index (κ2) is 10.2. The number of methoxy groups -OCH3 is 1. The van der Waals surface area contributed by atoms with Crippen molar-refractivity contribution in [3.8, 4) is 23.0 Å². The van der Waals surface area contributed by atoms with Gasteiger partial charge in [-0.3, -0.25) is 9.59 Å². The predicted molar refractivity (Wildman–Crippen MR) is 120 cm³/mol. The number of ether oxygens (including phenoxy) is 2. The van der Waals surface area contributed by atoms with E-state index in [1.54, 1.807) is 48.0 Å². The number of benzene rings is 2. The van der Waals surface area contributed by atoms with Crippen molar-refractivity contribution in [2.45, 2.75) is 0 Å². The SMILES string of the molecule is COc1cccc(-c2nnc3ccc(OCCNC(=O)CNC(=O)c4ccccc4)nn23)c1. The fourth-order valence-corrected chi connectivity index (χ4v) is 3.05. The smallest absolute Gasteiger partial charge is 0.251 e. The first-order chi connectivity index (χ1) is 16.1. The van der Waals surface area contributed by atoms with E-state index in [9.17, 15) is 9.59 Å². The summed E-state index contributed by atoms with van der Waals surface area (Å²) in [7, 11) is 1.60. The molecule has 2 aromatic carbocycles. The van der Waals surface area contributed by atoms with E-state index in [1.165, 1.54) is 0 Å². The molecular weight excluding hydrogens is 424 g/mol. The normalized spacial score (nSPS) is 10.6. The fourth-order valence-electron chi connectivity index (χ4n) is 3.05. The van der Waals surface area contributed by atoms with Crippen LogP contribution in [0.15, 0.2) is 66.7 Å². The van der Waals surface area contributed by atoms with E-state index in [-0.39, 0.29) is 31.5 Å². The molecule has 0 aliphatic carbocycles. The third-order valence-corrected chi connectivity index (χ3v) is 4.69. The monoisotopic (exact) mass is 446 g/mol. The Kier molecular flexibility index (Phi) is 6.74. The molecule has 2 aromatic heterocycles. The van der Waals surface area contributed by atoms with Gasteiger partial charge in [-0.1, -0.05) is 30.3 Å². The lowest BCUT2D eigenvalue weighted by molar-refractivity contribution is -0.120. The van der Waals surface area contributed by atoms with E-state index >= 15 is 0 Å². The van der Waals surface area contributed by atoms with Crippen LogP contribution >= 0.6 is 0 Å². The summed E-state index contributed by atoms with van der Waals surface area (Å²) in [6.45, 7) is 0.334. The Bertz CT molecular complexity index is 1260. The summed E-state index contributed by atoms with van der Waals surface area (Å²) in [5.74, 6) is 0.993. The number of fused-ring (bicyclic) bond motifs is 1. The van der Waals surface area contributed by atoms with Crippen molar-refractivity contribution in [1.29, 1.82) is 0 Å². The average Bonchev–Trinajstić information content (AvgIpc) is 3.29. The number of hydrogen-bond acceptors (Lipinski definition) is 7. The highest BCUT2D eigenvalue weighted by molar-refractivity contribution is 5.96. The average molecular weight is 446 g/mol. The molecule has 0 radical (unpaired) electrons. The van der Waals surface area contributed by atoms with E-state index < -0.39 is 0 Å². The second-order valence-electron chi connectivity index (χ2n) is 6.94. The molecule has 0 unspecified atom stereocenters. The van der Waals surface area contributed by atoms with Crippen molar-refractivity contribution in [1.82, 2.24) is 30.4 Å². The lowest BCUT2D eigenvalue weighted by Gasteiger charge is -2.09. The number of nitrogens with one attached hydrogen (secondary N) is 2. The molecular formula is C23H22N6O4. The fraction of sp³-hybridized carbons (Fsp3) is 0.174. The molecule has 10 heteroatoms. The van der Waals surface area contributed by atoms with Crippen molar-refractivity contribution in [2.24, 2.45) is 0 Å².